The number of carbonyl (C=O) groups excluding carboxylic acids is 2. The summed E-state index contributed by atoms with van der Waals surface area (Å²) in [5.74, 6) is -0.0745. The summed E-state index contributed by atoms with van der Waals surface area (Å²) in [4.78, 5) is 24.5. The fourth-order valence-electron chi connectivity index (χ4n) is 9.69. The van der Waals surface area contributed by atoms with Crippen molar-refractivity contribution >= 4 is 11.9 Å². The fourth-order valence-corrected chi connectivity index (χ4v) is 9.69. The Bertz CT molecular complexity index is 1080. The lowest BCUT2D eigenvalue weighted by Crippen LogP contribution is -2.45. The standard InChI is InChI=1S/C63H121NO5/c1-3-5-7-9-11-13-15-17-19-20-21-22-25-28-31-35-39-43-47-51-55-61(66)60(59-65)64-62(67)56-52-48-44-40-36-32-29-26-23-24-27-30-34-38-42-46-50-54-58-69-63(68)57-53-49-45-41-37-33-18-16-14-12-10-8-6-4-2/h26,29,51,55,60-61,65-66H,3-25,27-28,30-50,52-54,56-59H2,1-2H3,(H,64,67)/b29-26-,55-51+. The third kappa shape index (κ3) is 55.5. The van der Waals surface area contributed by atoms with Crippen molar-refractivity contribution in [3.05, 3.63) is 24.3 Å². The van der Waals surface area contributed by atoms with Gasteiger partial charge < -0.3 is 20.3 Å². The number of hydrogen-bond acceptors (Lipinski definition) is 5. The molecule has 0 heterocycles. The van der Waals surface area contributed by atoms with E-state index in [2.05, 4.69) is 31.3 Å². The van der Waals surface area contributed by atoms with Crippen molar-refractivity contribution in [2.75, 3.05) is 13.2 Å². The number of hydrogen-bond donors (Lipinski definition) is 3. The number of carbonyl (C=O) groups is 2. The third-order valence-electron chi connectivity index (χ3n) is 14.5. The van der Waals surface area contributed by atoms with E-state index in [-0.39, 0.29) is 18.5 Å². The van der Waals surface area contributed by atoms with Crippen molar-refractivity contribution in [3.63, 3.8) is 0 Å². The first-order chi connectivity index (χ1) is 34.0. The summed E-state index contributed by atoms with van der Waals surface area (Å²) in [5, 5.41) is 23.2. The zero-order valence-electron chi connectivity index (χ0n) is 46.6. The molecule has 0 aliphatic heterocycles. The molecule has 408 valence electrons. The van der Waals surface area contributed by atoms with Crippen molar-refractivity contribution in [1.82, 2.24) is 5.32 Å². The second-order valence-electron chi connectivity index (χ2n) is 21.4. The maximum Gasteiger partial charge on any atom is 0.305 e. The van der Waals surface area contributed by atoms with Gasteiger partial charge in [-0.3, -0.25) is 9.59 Å². The van der Waals surface area contributed by atoms with E-state index in [1.807, 2.05) is 6.08 Å². The Morgan fingerprint density at radius 2 is 0.681 bits per heavy atom. The molecule has 0 saturated carbocycles. The highest BCUT2D eigenvalue weighted by atomic mass is 16.5. The molecule has 0 saturated heterocycles. The van der Waals surface area contributed by atoms with E-state index in [4.69, 9.17) is 4.74 Å². The van der Waals surface area contributed by atoms with Gasteiger partial charge >= 0.3 is 5.97 Å². The van der Waals surface area contributed by atoms with Crippen molar-refractivity contribution in [1.29, 1.82) is 0 Å². The number of aliphatic hydroxyl groups excluding tert-OH is 2. The van der Waals surface area contributed by atoms with Gasteiger partial charge in [0.25, 0.3) is 0 Å². The minimum absolute atomic E-state index is 0.00487. The van der Waals surface area contributed by atoms with Gasteiger partial charge in [-0.05, 0) is 57.8 Å². The van der Waals surface area contributed by atoms with E-state index in [1.54, 1.807) is 6.08 Å². The second-order valence-corrected chi connectivity index (χ2v) is 21.4. The molecule has 3 N–H and O–H groups in total. The Kier molecular flexibility index (Phi) is 57.5. The zero-order valence-corrected chi connectivity index (χ0v) is 46.6. The van der Waals surface area contributed by atoms with E-state index >= 15 is 0 Å². The van der Waals surface area contributed by atoms with E-state index in [0.717, 1.165) is 57.8 Å². The van der Waals surface area contributed by atoms with Gasteiger partial charge in [-0.15, -0.1) is 0 Å². The van der Waals surface area contributed by atoms with E-state index in [1.165, 1.54) is 257 Å². The van der Waals surface area contributed by atoms with E-state index < -0.39 is 12.1 Å². The van der Waals surface area contributed by atoms with Gasteiger partial charge in [0.1, 0.15) is 0 Å². The van der Waals surface area contributed by atoms with Crippen molar-refractivity contribution in [2.24, 2.45) is 0 Å². The van der Waals surface area contributed by atoms with Crippen LogP contribution in [0.15, 0.2) is 24.3 Å². The van der Waals surface area contributed by atoms with Gasteiger partial charge in [0.2, 0.25) is 5.91 Å². The minimum atomic E-state index is -0.853. The first-order valence-corrected chi connectivity index (χ1v) is 31.1. The highest BCUT2D eigenvalue weighted by molar-refractivity contribution is 5.76. The molecule has 6 heteroatoms. The van der Waals surface area contributed by atoms with Crippen molar-refractivity contribution < 1.29 is 24.5 Å². The SMILES string of the molecule is CCCCCCCCCCCCCCCCCCCC/C=C/C(O)C(CO)NC(=O)CCCCCCC/C=C\CCCCCCCCCCCOC(=O)CCCCCCCCCCCCCCCC. The first-order valence-electron chi connectivity index (χ1n) is 31.1. The summed E-state index contributed by atoms with van der Waals surface area (Å²) in [6.45, 7) is 4.91. The van der Waals surface area contributed by atoms with Crippen LogP contribution in [0.25, 0.3) is 0 Å². The average Bonchev–Trinajstić information content (AvgIpc) is 3.35. The van der Waals surface area contributed by atoms with Crippen molar-refractivity contribution in [3.8, 4) is 0 Å². The van der Waals surface area contributed by atoms with Crippen LogP contribution in [-0.2, 0) is 14.3 Å². The highest BCUT2D eigenvalue weighted by Gasteiger charge is 2.18. The van der Waals surface area contributed by atoms with Crippen LogP contribution in [0.1, 0.15) is 341 Å². The van der Waals surface area contributed by atoms with E-state index in [0.29, 0.717) is 19.4 Å². The Labute approximate surface area is 431 Å². The number of allylic oxidation sites excluding steroid dienone is 3. The maximum absolute atomic E-state index is 12.5. The third-order valence-corrected chi connectivity index (χ3v) is 14.5. The van der Waals surface area contributed by atoms with Gasteiger partial charge in [-0.25, -0.2) is 0 Å². The van der Waals surface area contributed by atoms with Gasteiger partial charge in [-0.1, -0.05) is 295 Å². The van der Waals surface area contributed by atoms with Gasteiger partial charge in [-0.2, -0.15) is 0 Å². The molecule has 0 fully saturated rings. The predicted octanol–water partition coefficient (Wildman–Crippen LogP) is 19.4. The molecular formula is C63H121NO5. The van der Waals surface area contributed by atoms with Crippen LogP contribution in [0.5, 0.6) is 0 Å². The predicted molar refractivity (Wildman–Crippen MR) is 301 cm³/mol. The molecule has 0 spiro atoms. The number of rotatable bonds is 58. The molecular weight excluding hydrogens is 851 g/mol. The molecule has 2 atom stereocenters. The number of amides is 1. The van der Waals surface area contributed by atoms with Crippen LogP contribution >= 0.6 is 0 Å². The molecule has 0 aliphatic carbocycles. The zero-order chi connectivity index (χ0) is 50.0. The molecule has 0 aromatic carbocycles. The van der Waals surface area contributed by atoms with Crippen LogP contribution in [0.3, 0.4) is 0 Å². The highest BCUT2D eigenvalue weighted by Crippen LogP contribution is 2.17. The first kappa shape index (κ1) is 67.3. The van der Waals surface area contributed by atoms with Gasteiger partial charge in [0.05, 0.1) is 25.4 Å². The summed E-state index contributed by atoms with van der Waals surface area (Å²) < 4.78 is 5.48. The van der Waals surface area contributed by atoms with Gasteiger partial charge in [0, 0.05) is 12.8 Å². The Morgan fingerprint density at radius 3 is 1.03 bits per heavy atom. The molecule has 69 heavy (non-hydrogen) atoms. The number of aliphatic hydroxyl groups is 2. The molecule has 0 aromatic heterocycles. The van der Waals surface area contributed by atoms with Crippen LogP contribution in [-0.4, -0.2) is 47.4 Å². The van der Waals surface area contributed by atoms with Gasteiger partial charge in [0.15, 0.2) is 0 Å². The van der Waals surface area contributed by atoms with Crippen molar-refractivity contribution in [2.45, 2.75) is 353 Å². The smallest absolute Gasteiger partial charge is 0.305 e. The summed E-state index contributed by atoms with van der Waals surface area (Å²) >= 11 is 0. The quantitative estimate of drug-likeness (QED) is 0.0321. The summed E-state index contributed by atoms with van der Waals surface area (Å²) in [5.41, 5.74) is 0. The minimum Gasteiger partial charge on any atom is -0.466 e. The maximum atomic E-state index is 12.5. The lowest BCUT2D eigenvalue weighted by molar-refractivity contribution is -0.143. The summed E-state index contributed by atoms with van der Waals surface area (Å²) in [6, 6.07) is -0.638. The normalized spacial score (nSPS) is 12.7. The number of nitrogens with one attached hydrogen (secondary N) is 1. The molecule has 0 rings (SSSR count). The average molecular weight is 973 g/mol. The molecule has 0 bridgehead atoms. The molecule has 0 aromatic rings. The van der Waals surface area contributed by atoms with Crippen LogP contribution in [0.2, 0.25) is 0 Å². The number of esters is 1. The topological polar surface area (TPSA) is 95.9 Å². The molecule has 0 radical (unpaired) electrons. The largest absolute Gasteiger partial charge is 0.466 e. The van der Waals surface area contributed by atoms with Crippen LogP contribution < -0.4 is 5.32 Å². The summed E-state index contributed by atoms with van der Waals surface area (Å²) in [7, 11) is 0. The molecule has 2 unspecified atom stereocenters. The number of ether oxygens (including phenoxy) is 1. The van der Waals surface area contributed by atoms with E-state index in [9.17, 15) is 19.8 Å². The Hall–Kier alpha value is -1.66. The lowest BCUT2D eigenvalue weighted by Gasteiger charge is -2.20. The fraction of sp³-hybridized carbons (Fsp3) is 0.905. The Balaban J connectivity index is 3.47. The molecule has 0 aliphatic rings. The second kappa shape index (κ2) is 58.9. The Morgan fingerprint density at radius 1 is 0.391 bits per heavy atom. The van der Waals surface area contributed by atoms with Crippen LogP contribution in [0.4, 0.5) is 0 Å². The molecule has 1 amide bonds. The number of unbranched alkanes of at least 4 members (excludes halogenated alkanes) is 45. The summed E-state index contributed by atoms with van der Waals surface area (Å²) in [6.07, 6.45) is 72.1. The van der Waals surface area contributed by atoms with Crippen LogP contribution in [0, 0.1) is 0 Å². The molecule has 6 nitrogen and oxygen atoms in total. The lowest BCUT2D eigenvalue weighted by atomic mass is 10.0. The monoisotopic (exact) mass is 972 g/mol.